The first kappa shape index (κ1) is 18.3. The number of benzene rings is 1. The molecule has 4 nitrogen and oxygen atoms in total. The van der Waals surface area contributed by atoms with Gasteiger partial charge in [-0.15, -0.1) is 0 Å². The van der Waals surface area contributed by atoms with Crippen LogP contribution in [0.4, 0.5) is 13.2 Å². The van der Waals surface area contributed by atoms with Crippen molar-refractivity contribution in [2.45, 2.75) is 32.4 Å². The zero-order valence-corrected chi connectivity index (χ0v) is 13.4. The maximum absolute atomic E-state index is 12.6. The highest BCUT2D eigenvalue weighted by Crippen LogP contribution is 2.29. The van der Waals surface area contributed by atoms with Crippen LogP contribution in [0, 0.1) is 5.92 Å². The number of carbonyl (C=O) groups is 2. The van der Waals surface area contributed by atoms with E-state index in [2.05, 4.69) is 0 Å². The van der Waals surface area contributed by atoms with Crippen LogP contribution in [0.5, 0.6) is 0 Å². The number of alkyl halides is 3. The van der Waals surface area contributed by atoms with E-state index < -0.39 is 11.7 Å². The maximum Gasteiger partial charge on any atom is 0.416 e. The van der Waals surface area contributed by atoms with Crippen molar-refractivity contribution in [1.82, 2.24) is 4.90 Å². The van der Waals surface area contributed by atoms with Crippen molar-refractivity contribution in [3.8, 4) is 0 Å². The van der Waals surface area contributed by atoms with Crippen LogP contribution in [-0.4, -0.2) is 36.5 Å². The zero-order valence-electron chi connectivity index (χ0n) is 13.4. The molecule has 2 rings (SSSR count). The van der Waals surface area contributed by atoms with Gasteiger partial charge in [-0.3, -0.25) is 9.59 Å². The van der Waals surface area contributed by atoms with Gasteiger partial charge >= 0.3 is 12.1 Å². The standard InChI is InChI=1S/C17H20F3NO3/c1-12(22)21-8-5-14(6-9-21)16(23)24-10-7-13-3-2-4-15(11-13)17(18,19)20/h2-4,11,14H,5-10H2,1H3. The lowest BCUT2D eigenvalue weighted by molar-refractivity contribution is -0.151. The van der Waals surface area contributed by atoms with Gasteiger partial charge in [-0.05, 0) is 24.5 Å². The summed E-state index contributed by atoms with van der Waals surface area (Å²) in [6, 6.07) is 5.00. The molecule has 0 radical (unpaired) electrons. The van der Waals surface area contributed by atoms with Gasteiger partial charge in [0.05, 0.1) is 18.1 Å². The molecule has 0 aromatic heterocycles. The van der Waals surface area contributed by atoms with Crippen LogP contribution in [0.25, 0.3) is 0 Å². The lowest BCUT2D eigenvalue weighted by Crippen LogP contribution is -2.39. The number of piperidine rings is 1. The zero-order chi connectivity index (χ0) is 17.7. The molecule has 1 heterocycles. The van der Waals surface area contributed by atoms with Crippen LogP contribution >= 0.6 is 0 Å². The molecule has 1 aromatic carbocycles. The van der Waals surface area contributed by atoms with Crippen LogP contribution in [0.1, 0.15) is 30.9 Å². The SMILES string of the molecule is CC(=O)N1CCC(C(=O)OCCc2cccc(C(F)(F)F)c2)CC1. The van der Waals surface area contributed by atoms with Crippen LogP contribution in [0.3, 0.4) is 0 Å². The molecule has 0 spiro atoms. The summed E-state index contributed by atoms with van der Waals surface area (Å²) in [5.74, 6) is -0.598. The molecule has 0 saturated carbocycles. The van der Waals surface area contributed by atoms with Crippen molar-refractivity contribution in [1.29, 1.82) is 0 Å². The van der Waals surface area contributed by atoms with Crippen molar-refractivity contribution in [3.63, 3.8) is 0 Å². The quantitative estimate of drug-likeness (QED) is 0.790. The number of hydrogen-bond donors (Lipinski definition) is 0. The number of amides is 1. The van der Waals surface area contributed by atoms with E-state index in [9.17, 15) is 22.8 Å². The van der Waals surface area contributed by atoms with Crippen LogP contribution in [0.15, 0.2) is 24.3 Å². The Bertz CT molecular complexity index is 593. The second-order valence-electron chi connectivity index (χ2n) is 5.90. The van der Waals surface area contributed by atoms with Gasteiger partial charge in [-0.25, -0.2) is 0 Å². The first-order chi connectivity index (χ1) is 11.3. The number of halogens is 3. The predicted octanol–water partition coefficient (Wildman–Crippen LogP) is 3.05. The molecule has 0 atom stereocenters. The number of nitrogens with zero attached hydrogens (tertiary/aromatic N) is 1. The largest absolute Gasteiger partial charge is 0.465 e. The van der Waals surface area contributed by atoms with Crippen molar-refractivity contribution < 1.29 is 27.5 Å². The smallest absolute Gasteiger partial charge is 0.416 e. The fraction of sp³-hybridized carbons (Fsp3) is 0.529. The predicted molar refractivity (Wildman–Crippen MR) is 81.1 cm³/mol. The normalized spacial score (nSPS) is 16.1. The number of hydrogen-bond acceptors (Lipinski definition) is 3. The first-order valence-corrected chi connectivity index (χ1v) is 7.85. The Morgan fingerprint density at radius 3 is 2.50 bits per heavy atom. The molecule has 1 saturated heterocycles. The van der Waals surface area contributed by atoms with E-state index in [1.54, 1.807) is 11.0 Å². The molecule has 7 heteroatoms. The molecule has 24 heavy (non-hydrogen) atoms. The molecule has 132 valence electrons. The average molecular weight is 343 g/mol. The van der Waals surface area contributed by atoms with E-state index >= 15 is 0 Å². The summed E-state index contributed by atoms with van der Waals surface area (Å²) in [4.78, 5) is 24.9. The van der Waals surface area contributed by atoms with Gasteiger partial charge in [0.15, 0.2) is 0 Å². The van der Waals surface area contributed by atoms with Gasteiger partial charge in [0, 0.05) is 26.4 Å². The van der Waals surface area contributed by atoms with E-state index in [1.165, 1.54) is 13.0 Å². The molecule has 1 amide bonds. The van der Waals surface area contributed by atoms with Gasteiger partial charge < -0.3 is 9.64 Å². The topological polar surface area (TPSA) is 46.6 Å². The van der Waals surface area contributed by atoms with Crippen molar-refractivity contribution in [2.75, 3.05) is 19.7 Å². The molecule has 1 aliphatic heterocycles. The van der Waals surface area contributed by atoms with E-state index in [1.807, 2.05) is 0 Å². The van der Waals surface area contributed by atoms with Crippen LogP contribution in [-0.2, 0) is 26.9 Å². The third-order valence-corrected chi connectivity index (χ3v) is 4.16. The molecule has 1 aliphatic rings. The third kappa shape index (κ3) is 4.97. The van der Waals surface area contributed by atoms with Crippen LogP contribution < -0.4 is 0 Å². The Morgan fingerprint density at radius 2 is 1.92 bits per heavy atom. The van der Waals surface area contributed by atoms with Gasteiger partial charge in [-0.2, -0.15) is 13.2 Å². The lowest BCUT2D eigenvalue weighted by atomic mass is 9.97. The molecule has 0 unspecified atom stereocenters. The lowest BCUT2D eigenvalue weighted by Gasteiger charge is -2.30. The molecule has 0 aliphatic carbocycles. The molecular formula is C17H20F3NO3. The minimum atomic E-state index is -4.38. The Morgan fingerprint density at radius 1 is 1.25 bits per heavy atom. The fourth-order valence-corrected chi connectivity index (χ4v) is 2.72. The summed E-state index contributed by atoms with van der Waals surface area (Å²) in [5.41, 5.74) is -0.230. The van der Waals surface area contributed by atoms with Gasteiger partial charge in [0.25, 0.3) is 0 Å². The monoisotopic (exact) mass is 343 g/mol. The summed E-state index contributed by atoms with van der Waals surface area (Å²) >= 11 is 0. The third-order valence-electron chi connectivity index (χ3n) is 4.16. The number of esters is 1. The number of ether oxygens (including phenoxy) is 1. The molecule has 0 bridgehead atoms. The Kier molecular flexibility index (Phi) is 5.85. The summed E-state index contributed by atoms with van der Waals surface area (Å²) < 4.78 is 43.1. The van der Waals surface area contributed by atoms with Crippen LogP contribution in [0.2, 0.25) is 0 Å². The highest BCUT2D eigenvalue weighted by atomic mass is 19.4. The van der Waals surface area contributed by atoms with Crippen molar-refractivity contribution in [2.24, 2.45) is 5.92 Å². The Hall–Kier alpha value is -2.05. The van der Waals surface area contributed by atoms with E-state index in [0.717, 1.165) is 12.1 Å². The molecular weight excluding hydrogens is 323 g/mol. The number of carbonyl (C=O) groups excluding carboxylic acids is 2. The van der Waals surface area contributed by atoms with Gasteiger partial charge in [-0.1, -0.05) is 18.2 Å². The van der Waals surface area contributed by atoms with Gasteiger partial charge in [0.2, 0.25) is 5.91 Å². The molecule has 1 aromatic rings. The first-order valence-electron chi connectivity index (χ1n) is 7.85. The second kappa shape index (κ2) is 7.68. The van der Waals surface area contributed by atoms with E-state index in [0.29, 0.717) is 31.5 Å². The molecule has 1 fully saturated rings. The van der Waals surface area contributed by atoms with Crippen molar-refractivity contribution in [3.05, 3.63) is 35.4 Å². The number of likely N-dealkylation sites (tertiary alicyclic amines) is 1. The summed E-state index contributed by atoms with van der Waals surface area (Å²) in [7, 11) is 0. The second-order valence-corrected chi connectivity index (χ2v) is 5.90. The average Bonchev–Trinajstić information content (AvgIpc) is 2.54. The fourth-order valence-electron chi connectivity index (χ4n) is 2.72. The maximum atomic E-state index is 12.6. The van der Waals surface area contributed by atoms with E-state index in [-0.39, 0.29) is 30.8 Å². The summed E-state index contributed by atoms with van der Waals surface area (Å²) in [6.07, 6.45) is -3.02. The highest BCUT2D eigenvalue weighted by molar-refractivity contribution is 5.75. The van der Waals surface area contributed by atoms with Gasteiger partial charge in [0.1, 0.15) is 0 Å². The van der Waals surface area contributed by atoms with E-state index in [4.69, 9.17) is 4.74 Å². The Labute approximate surface area is 138 Å². The highest BCUT2D eigenvalue weighted by Gasteiger charge is 2.30. The minimum Gasteiger partial charge on any atom is -0.465 e. The number of rotatable bonds is 4. The summed E-state index contributed by atoms with van der Waals surface area (Å²) in [6.45, 7) is 2.60. The Balaban J connectivity index is 1.78. The minimum absolute atomic E-state index is 0.00800. The molecule has 0 N–H and O–H groups in total. The summed E-state index contributed by atoms with van der Waals surface area (Å²) in [5, 5.41) is 0. The van der Waals surface area contributed by atoms with Crippen molar-refractivity contribution >= 4 is 11.9 Å².